The summed E-state index contributed by atoms with van der Waals surface area (Å²) in [5, 5.41) is 12.8. The zero-order valence-electron chi connectivity index (χ0n) is 18.6. The molecule has 2 aromatic rings. The van der Waals surface area contributed by atoms with Crippen molar-refractivity contribution >= 4 is 52.4 Å². The molecule has 3 amide bonds. The molecule has 4 rings (SSSR count). The highest BCUT2D eigenvalue weighted by Crippen LogP contribution is 2.41. The number of hydrogen-bond acceptors (Lipinski definition) is 6. The molecule has 11 heteroatoms. The molecule has 2 fully saturated rings. The maximum atomic E-state index is 13.5. The van der Waals surface area contributed by atoms with Gasteiger partial charge in [-0.1, -0.05) is 30.1 Å². The summed E-state index contributed by atoms with van der Waals surface area (Å²) in [6, 6.07) is 8.99. The fourth-order valence-corrected chi connectivity index (χ4v) is 5.13. The van der Waals surface area contributed by atoms with E-state index in [1.807, 2.05) is 6.92 Å². The number of nitro groups is 1. The van der Waals surface area contributed by atoms with Gasteiger partial charge >= 0.3 is 0 Å². The summed E-state index contributed by atoms with van der Waals surface area (Å²) in [5.41, 5.74) is -0.150. The van der Waals surface area contributed by atoms with E-state index in [1.54, 1.807) is 0 Å². The third kappa shape index (κ3) is 4.78. The summed E-state index contributed by atoms with van der Waals surface area (Å²) in [6.07, 6.45) is 1.82. The van der Waals surface area contributed by atoms with Crippen LogP contribution in [0, 0.1) is 27.9 Å². The van der Waals surface area contributed by atoms with E-state index in [9.17, 15) is 29.3 Å². The average molecular weight is 518 g/mol. The van der Waals surface area contributed by atoms with Crippen LogP contribution in [0.1, 0.15) is 46.9 Å². The fourth-order valence-electron chi connectivity index (χ4n) is 4.64. The maximum Gasteiger partial charge on any atom is 0.274 e. The quantitative estimate of drug-likeness (QED) is 0.240. The Morgan fingerprint density at radius 1 is 1.06 bits per heavy atom. The second kappa shape index (κ2) is 9.75. The van der Waals surface area contributed by atoms with Crippen molar-refractivity contribution in [1.82, 2.24) is 10.0 Å². The zero-order valence-corrected chi connectivity index (χ0v) is 20.2. The van der Waals surface area contributed by atoms with E-state index >= 15 is 0 Å². The van der Waals surface area contributed by atoms with Gasteiger partial charge in [0.2, 0.25) is 0 Å². The largest absolute Gasteiger partial charge is 0.292 e. The van der Waals surface area contributed by atoms with Crippen LogP contribution in [0.5, 0.6) is 0 Å². The van der Waals surface area contributed by atoms with Gasteiger partial charge in [0.05, 0.1) is 27.3 Å². The first-order valence-corrected chi connectivity index (χ1v) is 11.8. The number of non-ortho nitro benzene ring substituents is 1. The van der Waals surface area contributed by atoms with E-state index in [4.69, 9.17) is 23.2 Å². The standard InChI is InChI=1S/C24H21Cl2N3O6/c1-13-2-8-17-19(10-13)24(33)28(23(17)32)27(22(31)18-9-5-15(25)11-20(18)26)12-21(30)14-3-6-16(7-4-14)29(34)35/h3-7,9,11,13,17,19H,2,8,10,12H2,1H3/t13-,17-,19-/m1/s1. The van der Waals surface area contributed by atoms with Gasteiger partial charge in [-0.25, -0.2) is 5.01 Å². The van der Waals surface area contributed by atoms with Crippen LogP contribution in [-0.4, -0.2) is 45.0 Å². The highest BCUT2D eigenvalue weighted by Gasteiger charge is 2.53. The molecule has 35 heavy (non-hydrogen) atoms. The number of fused-ring (bicyclic) bond motifs is 1. The molecule has 1 saturated carbocycles. The first-order chi connectivity index (χ1) is 16.6. The number of nitro benzene ring substituents is 1. The number of benzene rings is 2. The lowest BCUT2D eigenvalue weighted by Crippen LogP contribution is -2.52. The molecule has 1 aliphatic carbocycles. The van der Waals surface area contributed by atoms with Crippen LogP contribution in [0.25, 0.3) is 0 Å². The number of nitrogens with zero attached hydrogens (tertiary/aromatic N) is 3. The van der Waals surface area contributed by atoms with Crippen LogP contribution in [0.2, 0.25) is 10.0 Å². The van der Waals surface area contributed by atoms with Crippen molar-refractivity contribution in [2.24, 2.45) is 17.8 Å². The number of amides is 3. The Labute approximate surface area is 210 Å². The van der Waals surface area contributed by atoms with Gasteiger partial charge in [0.15, 0.2) is 5.78 Å². The van der Waals surface area contributed by atoms with E-state index in [0.717, 1.165) is 28.6 Å². The Morgan fingerprint density at radius 2 is 1.71 bits per heavy atom. The van der Waals surface area contributed by atoms with E-state index in [0.29, 0.717) is 12.8 Å². The molecule has 1 heterocycles. The third-order valence-corrected chi connectivity index (χ3v) is 7.04. The van der Waals surface area contributed by atoms with Gasteiger partial charge in [-0.05, 0) is 55.5 Å². The number of Topliss-reactive ketones (excluding diaryl/α,β-unsaturated/α-hetero) is 1. The monoisotopic (exact) mass is 517 g/mol. The minimum atomic E-state index is -0.810. The topological polar surface area (TPSA) is 118 Å². The van der Waals surface area contributed by atoms with E-state index in [2.05, 4.69) is 0 Å². The molecule has 0 unspecified atom stereocenters. The van der Waals surface area contributed by atoms with Crippen molar-refractivity contribution < 1.29 is 24.1 Å². The van der Waals surface area contributed by atoms with Crippen LogP contribution in [0.15, 0.2) is 42.5 Å². The Morgan fingerprint density at radius 3 is 2.34 bits per heavy atom. The van der Waals surface area contributed by atoms with Crippen molar-refractivity contribution in [3.8, 4) is 0 Å². The van der Waals surface area contributed by atoms with Gasteiger partial charge in [-0.15, -0.1) is 0 Å². The lowest BCUT2D eigenvalue weighted by atomic mass is 9.76. The van der Waals surface area contributed by atoms with Gasteiger partial charge in [0.1, 0.15) is 6.54 Å². The number of carbonyl (C=O) groups is 4. The van der Waals surface area contributed by atoms with Crippen LogP contribution < -0.4 is 0 Å². The van der Waals surface area contributed by atoms with Gasteiger partial charge < -0.3 is 0 Å². The Kier molecular flexibility index (Phi) is 6.91. The summed E-state index contributed by atoms with van der Waals surface area (Å²) in [6.45, 7) is 1.37. The van der Waals surface area contributed by atoms with Crippen molar-refractivity contribution in [2.45, 2.75) is 26.2 Å². The molecule has 1 saturated heterocycles. The first-order valence-electron chi connectivity index (χ1n) is 11.0. The molecular formula is C24H21Cl2N3O6. The van der Waals surface area contributed by atoms with Crippen LogP contribution in [-0.2, 0) is 9.59 Å². The number of carbonyl (C=O) groups excluding carboxylic acids is 4. The molecule has 9 nitrogen and oxygen atoms in total. The number of hydrogen-bond donors (Lipinski definition) is 0. The third-order valence-electron chi connectivity index (χ3n) is 6.50. The normalized spacial score (nSPS) is 21.6. The number of halogens is 2. The van der Waals surface area contributed by atoms with Crippen LogP contribution in [0.3, 0.4) is 0 Å². The molecule has 2 aliphatic rings. The van der Waals surface area contributed by atoms with E-state index in [1.165, 1.54) is 30.3 Å². The number of rotatable bonds is 6. The van der Waals surface area contributed by atoms with Gasteiger partial charge in [0.25, 0.3) is 23.4 Å². The lowest BCUT2D eigenvalue weighted by Gasteiger charge is -2.30. The molecule has 0 N–H and O–H groups in total. The Balaban J connectivity index is 1.70. The van der Waals surface area contributed by atoms with Gasteiger partial charge in [-0.3, -0.25) is 29.3 Å². The second-order valence-corrected chi connectivity index (χ2v) is 9.68. The summed E-state index contributed by atoms with van der Waals surface area (Å²) in [5.74, 6) is -3.33. The predicted octanol–water partition coefficient (Wildman–Crippen LogP) is 4.56. The Hall–Kier alpha value is -3.30. The summed E-state index contributed by atoms with van der Waals surface area (Å²) in [7, 11) is 0. The Bertz CT molecular complexity index is 1230. The molecule has 182 valence electrons. The minimum absolute atomic E-state index is 0.000387. The van der Waals surface area contributed by atoms with Gasteiger partial charge in [-0.2, -0.15) is 5.01 Å². The van der Waals surface area contributed by atoms with Gasteiger partial charge in [0, 0.05) is 22.7 Å². The summed E-state index contributed by atoms with van der Waals surface area (Å²) in [4.78, 5) is 63.5. The molecule has 3 atom stereocenters. The van der Waals surface area contributed by atoms with Crippen LogP contribution >= 0.6 is 23.2 Å². The second-order valence-electron chi connectivity index (χ2n) is 8.83. The number of imide groups is 1. The van der Waals surface area contributed by atoms with Crippen molar-refractivity contribution in [3.05, 3.63) is 73.8 Å². The molecule has 0 radical (unpaired) electrons. The van der Waals surface area contributed by atoms with E-state index in [-0.39, 0.29) is 32.8 Å². The zero-order chi connectivity index (χ0) is 25.4. The van der Waals surface area contributed by atoms with E-state index < -0.39 is 46.8 Å². The fraction of sp³-hybridized carbons (Fsp3) is 0.333. The smallest absolute Gasteiger partial charge is 0.274 e. The molecular weight excluding hydrogens is 497 g/mol. The minimum Gasteiger partial charge on any atom is -0.292 e. The molecule has 0 bridgehead atoms. The number of hydrazine groups is 1. The maximum absolute atomic E-state index is 13.5. The van der Waals surface area contributed by atoms with Crippen LogP contribution in [0.4, 0.5) is 5.69 Å². The summed E-state index contributed by atoms with van der Waals surface area (Å²) >= 11 is 12.2. The predicted molar refractivity (Wildman–Crippen MR) is 127 cm³/mol. The number of ketones is 1. The molecule has 2 aromatic carbocycles. The van der Waals surface area contributed by atoms with Crippen molar-refractivity contribution in [2.75, 3.05) is 6.54 Å². The van der Waals surface area contributed by atoms with Crippen molar-refractivity contribution in [3.63, 3.8) is 0 Å². The molecule has 1 aliphatic heterocycles. The lowest BCUT2D eigenvalue weighted by molar-refractivity contribution is -0.384. The molecule has 0 spiro atoms. The highest BCUT2D eigenvalue weighted by molar-refractivity contribution is 6.36. The first kappa shape index (κ1) is 24.8. The summed E-state index contributed by atoms with van der Waals surface area (Å²) < 4.78 is 0. The SMILES string of the molecule is C[C@@H]1CC[C@H]2C(=O)N(N(CC(=O)c3ccc([N+](=O)[O-])cc3)C(=O)c3ccc(Cl)cc3Cl)C(=O)[C@@H]2C1. The highest BCUT2D eigenvalue weighted by atomic mass is 35.5. The van der Waals surface area contributed by atoms with Crippen molar-refractivity contribution in [1.29, 1.82) is 0 Å². The average Bonchev–Trinajstić information content (AvgIpc) is 3.06. The molecule has 0 aromatic heterocycles.